The van der Waals surface area contributed by atoms with E-state index in [9.17, 15) is 5.11 Å². The molecule has 0 spiro atoms. The van der Waals surface area contributed by atoms with Gasteiger partial charge in [-0.25, -0.2) is 4.98 Å². The van der Waals surface area contributed by atoms with E-state index in [4.69, 9.17) is 14.4 Å². The first-order valence-corrected chi connectivity index (χ1v) is 20.3. The number of para-hydroxylation sites is 2. The van der Waals surface area contributed by atoms with Crippen molar-refractivity contribution < 1.29 is 30.6 Å². The van der Waals surface area contributed by atoms with Gasteiger partial charge < -0.3 is 9.52 Å². The van der Waals surface area contributed by atoms with Gasteiger partial charge >= 0.3 is 0 Å². The number of imidazole rings is 1. The van der Waals surface area contributed by atoms with Crippen LogP contribution in [0.1, 0.15) is 63.8 Å². The van der Waals surface area contributed by atoms with Gasteiger partial charge in [0.1, 0.15) is 17.8 Å². The quantitative estimate of drug-likeness (QED) is 0.169. The Kier molecular flexibility index (Phi) is 10.5. The molecule has 302 valence electrons. The smallest absolute Gasteiger partial charge is 0.219 e. The fourth-order valence-corrected chi connectivity index (χ4v) is 8.35. The number of furan rings is 1. The summed E-state index contributed by atoms with van der Waals surface area (Å²) in [5.41, 5.74) is 15.8. The fraction of sp³-hybridized carbons (Fsp3) is 0.185. The van der Waals surface area contributed by atoms with Crippen LogP contribution in [-0.4, -0.2) is 19.6 Å². The van der Waals surface area contributed by atoms with Crippen molar-refractivity contribution in [2.45, 2.75) is 66.2 Å². The van der Waals surface area contributed by atoms with E-state index in [1.807, 2.05) is 24.5 Å². The SMILES string of the molecule is Cc1cccc(C)c1-c1coc2nc(-c3[c-]c(-c4cccc5c4nc(-c4cc(C(C)(C)C)cc(C(C)(C)C)c4O)n5-c4ccccc4-c4ccccc4)ccc3)ccc12.[Pt]. The van der Waals surface area contributed by atoms with Crippen molar-refractivity contribution in [3.63, 3.8) is 0 Å². The van der Waals surface area contributed by atoms with Crippen LogP contribution in [0.5, 0.6) is 5.75 Å². The van der Waals surface area contributed by atoms with Crippen LogP contribution < -0.4 is 0 Å². The van der Waals surface area contributed by atoms with Crippen molar-refractivity contribution in [3.8, 4) is 67.5 Å². The van der Waals surface area contributed by atoms with Crippen LogP contribution in [0.25, 0.3) is 83.8 Å². The maximum Gasteiger partial charge on any atom is 0.219 e. The van der Waals surface area contributed by atoms with Crippen LogP contribution in [0.2, 0.25) is 0 Å². The standard InChI is InChI=1S/C54H48N3O2.Pt/c1-33-17-14-18-34(2)48(33)43-32-59-52-41(43)27-28-45(55-52)37-22-15-21-36(29-37)40-24-16-26-47-49(40)56-51(42-30-38(53(3,4)5)31-44(50(42)58)54(6,7)8)57(47)46-25-13-12-23-39(46)35-19-10-9-11-20-35;/h9-28,30-32,58H,1-8H3;/q-1;. The van der Waals surface area contributed by atoms with Gasteiger partial charge in [0, 0.05) is 48.8 Å². The molecule has 3 heterocycles. The molecule has 0 amide bonds. The Hall–Kier alpha value is -6.03. The van der Waals surface area contributed by atoms with Crippen molar-refractivity contribution in [3.05, 3.63) is 168 Å². The predicted molar refractivity (Wildman–Crippen MR) is 243 cm³/mol. The zero-order valence-electron chi connectivity index (χ0n) is 35.3. The van der Waals surface area contributed by atoms with Gasteiger partial charge in [-0.3, -0.25) is 9.55 Å². The van der Waals surface area contributed by atoms with E-state index < -0.39 is 0 Å². The monoisotopic (exact) mass is 965 g/mol. The van der Waals surface area contributed by atoms with Gasteiger partial charge in [-0.1, -0.05) is 150 Å². The largest absolute Gasteiger partial charge is 0.507 e. The average Bonchev–Trinajstić information content (AvgIpc) is 3.82. The summed E-state index contributed by atoms with van der Waals surface area (Å²) in [6.07, 6.45) is 1.82. The van der Waals surface area contributed by atoms with Crippen LogP contribution in [0.4, 0.5) is 0 Å². The van der Waals surface area contributed by atoms with Crippen molar-refractivity contribution in [1.29, 1.82) is 0 Å². The summed E-state index contributed by atoms with van der Waals surface area (Å²) < 4.78 is 8.32. The van der Waals surface area contributed by atoms with Crippen molar-refractivity contribution in [2.24, 2.45) is 0 Å². The fourth-order valence-electron chi connectivity index (χ4n) is 8.35. The molecule has 0 atom stereocenters. The Morgan fingerprint density at radius 1 is 0.617 bits per heavy atom. The van der Waals surface area contributed by atoms with Crippen LogP contribution in [0, 0.1) is 19.9 Å². The summed E-state index contributed by atoms with van der Waals surface area (Å²) >= 11 is 0. The molecular formula is C54H48N3O2Pt-. The number of hydrogen-bond donors (Lipinski definition) is 1. The molecule has 9 rings (SSSR count). The average molecular weight is 966 g/mol. The summed E-state index contributed by atoms with van der Waals surface area (Å²) in [5, 5.41) is 13.3. The van der Waals surface area contributed by atoms with Crippen molar-refractivity contribution >= 4 is 22.1 Å². The van der Waals surface area contributed by atoms with Gasteiger partial charge in [-0.05, 0) is 70.7 Å². The molecule has 0 unspecified atom stereocenters. The number of aryl methyl sites for hydroxylation is 2. The number of aromatic nitrogens is 3. The maximum atomic E-state index is 12.3. The van der Waals surface area contributed by atoms with Gasteiger partial charge in [0.25, 0.3) is 0 Å². The third-order valence-corrected chi connectivity index (χ3v) is 11.5. The molecule has 6 heteroatoms. The number of nitrogens with zero attached hydrogens (tertiary/aromatic N) is 3. The second kappa shape index (κ2) is 15.5. The van der Waals surface area contributed by atoms with Gasteiger partial charge in [-0.15, -0.1) is 29.8 Å². The molecule has 9 aromatic rings. The van der Waals surface area contributed by atoms with E-state index in [-0.39, 0.29) is 37.6 Å². The van der Waals surface area contributed by atoms with E-state index in [0.717, 1.165) is 72.3 Å². The van der Waals surface area contributed by atoms with Crippen LogP contribution in [-0.2, 0) is 31.9 Å². The molecule has 0 aliphatic heterocycles. The zero-order chi connectivity index (χ0) is 41.2. The van der Waals surface area contributed by atoms with Gasteiger partial charge in [0.15, 0.2) is 0 Å². The number of rotatable bonds is 6. The summed E-state index contributed by atoms with van der Waals surface area (Å²) in [7, 11) is 0. The van der Waals surface area contributed by atoms with E-state index in [0.29, 0.717) is 17.1 Å². The van der Waals surface area contributed by atoms with Crippen molar-refractivity contribution in [2.75, 3.05) is 0 Å². The van der Waals surface area contributed by atoms with E-state index in [1.54, 1.807) is 0 Å². The molecule has 5 nitrogen and oxygen atoms in total. The second-order valence-corrected chi connectivity index (χ2v) is 17.7. The van der Waals surface area contributed by atoms with E-state index in [2.05, 4.69) is 181 Å². The van der Waals surface area contributed by atoms with E-state index >= 15 is 0 Å². The predicted octanol–water partition coefficient (Wildman–Crippen LogP) is 14.2. The van der Waals surface area contributed by atoms with Crippen LogP contribution >= 0.6 is 0 Å². The van der Waals surface area contributed by atoms with E-state index in [1.165, 1.54) is 16.7 Å². The molecule has 60 heavy (non-hydrogen) atoms. The number of benzene rings is 6. The number of phenols is 1. The number of pyridine rings is 1. The zero-order valence-corrected chi connectivity index (χ0v) is 37.6. The van der Waals surface area contributed by atoms with Gasteiger partial charge in [0.05, 0.1) is 22.3 Å². The normalized spacial score (nSPS) is 11.9. The number of aromatic hydroxyl groups is 1. The van der Waals surface area contributed by atoms with Crippen LogP contribution in [0.3, 0.4) is 0 Å². The van der Waals surface area contributed by atoms with Crippen LogP contribution in [0.15, 0.2) is 144 Å². The molecule has 0 saturated carbocycles. The summed E-state index contributed by atoms with van der Waals surface area (Å²) in [6, 6.07) is 49.9. The second-order valence-electron chi connectivity index (χ2n) is 17.7. The Labute approximate surface area is 367 Å². The Balaban J connectivity index is 0.00000499. The molecule has 3 aromatic heterocycles. The van der Waals surface area contributed by atoms with Gasteiger partial charge in [-0.2, -0.15) is 0 Å². The molecule has 0 radical (unpaired) electrons. The molecule has 0 fully saturated rings. The number of hydrogen-bond acceptors (Lipinski definition) is 4. The number of phenolic OH excluding ortho intramolecular Hbond substituents is 1. The first-order chi connectivity index (χ1) is 28.3. The summed E-state index contributed by atoms with van der Waals surface area (Å²) in [5.74, 6) is 0.917. The molecule has 0 bridgehead atoms. The molecule has 0 saturated heterocycles. The summed E-state index contributed by atoms with van der Waals surface area (Å²) in [4.78, 5) is 10.5. The van der Waals surface area contributed by atoms with Crippen molar-refractivity contribution in [1.82, 2.24) is 14.5 Å². The summed E-state index contributed by atoms with van der Waals surface area (Å²) in [6.45, 7) is 17.4. The Morgan fingerprint density at radius 2 is 1.28 bits per heavy atom. The minimum absolute atomic E-state index is 0. The molecule has 0 aliphatic carbocycles. The minimum atomic E-state index is -0.312. The Morgan fingerprint density at radius 3 is 2.02 bits per heavy atom. The molecular weight excluding hydrogens is 918 g/mol. The molecule has 1 N–H and O–H groups in total. The molecule has 0 aliphatic rings. The number of fused-ring (bicyclic) bond motifs is 2. The van der Waals surface area contributed by atoms with Gasteiger partial charge in [0.2, 0.25) is 5.71 Å². The topological polar surface area (TPSA) is 64.1 Å². The minimum Gasteiger partial charge on any atom is -0.507 e. The molecule has 6 aromatic carbocycles. The third kappa shape index (κ3) is 7.20. The Bertz CT molecular complexity index is 3030. The first kappa shape index (κ1) is 40.7. The first-order valence-electron chi connectivity index (χ1n) is 20.3. The third-order valence-electron chi connectivity index (χ3n) is 11.5. The maximum absolute atomic E-state index is 12.3.